The molecule has 3 fully saturated rings. The lowest BCUT2D eigenvalue weighted by atomic mass is 10.1. The second-order valence-corrected chi connectivity index (χ2v) is 7.20. The number of aromatic nitrogens is 1. The van der Waals surface area contributed by atoms with Crippen molar-refractivity contribution in [2.45, 2.75) is 12.1 Å². The maximum Gasteiger partial charge on any atom is 0.255 e. The van der Waals surface area contributed by atoms with Gasteiger partial charge in [-0.1, -0.05) is 11.6 Å². The van der Waals surface area contributed by atoms with Crippen LogP contribution in [0, 0.1) is 0 Å². The second-order valence-electron chi connectivity index (χ2n) is 6.80. The van der Waals surface area contributed by atoms with Crippen LogP contribution in [0.3, 0.4) is 0 Å². The van der Waals surface area contributed by atoms with Crippen molar-refractivity contribution < 1.29 is 14.3 Å². The van der Waals surface area contributed by atoms with E-state index in [9.17, 15) is 4.79 Å². The first-order chi connectivity index (χ1) is 12.1. The predicted octanol–water partition coefficient (Wildman–Crippen LogP) is 0.727. The van der Waals surface area contributed by atoms with Gasteiger partial charge in [0.05, 0.1) is 42.6 Å². The number of ether oxygens (including phenoxy) is 2. The van der Waals surface area contributed by atoms with Crippen molar-refractivity contribution in [3.8, 4) is 0 Å². The Morgan fingerprint density at radius 2 is 2.04 bits per heavy atom. The fraction of sp³-hybridized carbons (Fsp3) is 0.647. The van der Waals surface area contributed by atoms with Crippen LogP contribution in [0.4, 0.5) is 5.82 Å². The van der Waals surface area contributed by atoms with Gasteiger partial charge in [0.1, 0.15) is 5.82 Å². The molecular weight excluding hydrogens is 344 g/mol. The van der Waals surface area contributed by atoms with Crippen LogP contribution in [-0.2, 0) is 9.47 Å². The molecule has 2 unspecified atom stereocenters. The van der Waals surface area contributed by atoms with Gasteiger partial charge in [-0.05, 0) is 13.1 Å². The van der Waals surface area contributed by atoms with Gasteiger partial charge in [0, 0.05) is 38.9 Å². The number of rotatable bonds is 2. The Kier molecular flexibility index (Phi) is 4.82. The SMILES string of the molecule is CN1CCOC2CN(c3ncc(C(=O)N4CCOCC4)cc3Cl)CC21. The van der Waals surface area contributed by atoms with E-state index in [1.54, 1.807) is 17.2 Å². The molecule has 1 amide bonds. The molecule has 136 valence electrons. The number of hydrogen-bond donors (Lipinski definition) is 0. The smallest absolute Gasteiger partial charge is 0.255 e. The van der Waals surface area contributed by atoms with Gasteiger partial charge in [0.15, 0.2) is 0 Å². The minimum atomic E-state index is -0.0394. The van der Waals surface area contributed by atoms with Crippen molar-refractivity contribution >= 4 is 23.3 Å². The summed E-state index contributed by atoms with van der Waals surface area (Å²) >= 11 is 6.47. The number of halogens is 1. The lowest BCUT2D eigenvalue weighted by molar-refractivity contribution is -0.0362. The lowest BCUT2D eigenvalue weighted by Crippen LogP contribution is -2.48. The molecule has 0 spiro atoms. The lowest BCUT2D eigenvalue weighted by Gasteiger charge is -2.33. The zero-order valence-corrected chi connectivity index (χ0v) is 15.1. The summed E-state index contributed by atoms with van der Waals surface area (Å²) < 4.78 is 11.2. The predicted molar refractivity (Wildman–Crippen MR) is 94.3 cm³/mol. The molecule has 1 aromatic heterocycles. The van der Waals surface area contributed by atoms with Crippen LogP contribution in [0.5, 0.6) is 0 Å². The number of likely N-dealkylation sites (N-methyl/N-ethyl adjacent to an activating group) is 1. The summed E-state index contributed by atoms with van der Waals surface area (Å²) in [6, 6.07) is 2.09. The summed E-state index contributed by atoms with van der Waals surface area (Å²) in [7, 11) is 2.13. The van der Waals surface area contributed by atoms with E-state index >= 15 is 0 Å². The monoisotopic (exact) mass is 366 g/mol. The van der Waals surface area contributed by atoms with Gasteiger partial charge in [-0.3, -0.25) is 9.69 Å². The Balaban J connectivity index is 1.49. The number of hydrogen-bond acceptors (Lipinski definition) is 6. The van der Waals surface area contributed by atoms with Crippen molar-refractivity contribution in [1.29, 1.82) is 0 Å². The third-order valence-corrected chi connectivity index (χ3v) is 5.52. The summed E-state index contributed by atoms with van der Waals surface area (Å²) in [4.78, 5) is 23.3. The van der Waals surface area contributed by atoms with Crippen LogP contribution in [-0.4, -0.2) is 92.4 Å². The maximum atomic E-state index is 12.6. The largest absolute Gasteiger partial charge is 0.378 e. The van der Waals surface area contributed by atoms with Crippen molar-refractivity contribution in [2.24, 2.45) is 0 Å². The van der Waals surface area contributed by atoms with Gasteiger partial charge in [-0.25, -0.2) is 4.98 Å². The van der Waals surface area contributed by atoms with E-state index in [0.29, 0.717) is 42.9 Å². The Labute approximate surface area is 152 Å². The van der Waals surface area contributed by atoms with E-state index in [0.717, 1.165) is 32.1 Å². The van der Waals surface area contributed by atoms with Gasteiger partial charge in [-0.15, -0.1) is 0 Å². The van der Waals surface area contributed by atoms with Gasteiger partial charge < -0.3 is 19.3 Å². The average Bonchev–Trinajstić information content (AvgIpc) is 3.07. The highest BCUT2D eigenvalue weighted by Crippen LogP contribution is 2.30. The van der Waals surface area contributed by atoms with Crippen LogP contribution < -0.4 is 4.90 Å². The number of nitrogens with zero attached hydrogens (tertiary/aromatic N) is 4. The number of fused-ring (bicyclic) bond motifs is 1. The molecule has 7 nitrogen and oxygen atoms in total. The zero-order valence-electron chi connectivity index (χ0n) is 14.4. The number of carbonyl (C=O) groups is 1. The Morgan fingerprint density at radius 3 is 2.76 bits per heavy atom. The quantitative estimate of drug-likeness (QED) is 0.769. The number of carbonyl (C=O) groups excluding carboxylic acids is 1. The zero-order chi connectivity index (χ0) is 17.4. The van der Waals surface area contributed by atoms with Crippen LogP contribution in [0.15, 0.2) is 12.3 Å². The Bertz CT molecular complexity index is 653. The summed E-state index contributed by atoms with van der Waals surface area (Å²) in [5, 5.41) is 0.514. The first-order valence-electron chi connectivity index (χ1n) is 8.73. The summed E-state index contributed by atoms with van der Waals surface area (Å²) in [5.74, 6) is 0.689. The van der Waals surface area contributed by atoms with Gasteiger partial charge in [-0.2, -0.15) is 0 Å². The molecule has 0 aliphatic carbocycles. The van der Waals surface area contributed by atoms with Crippen LogP contribution >= 0.6 is 11.6 Å². The highest BCUT2D eigenvalue weighted by Gasteiger charge is 2.39. The first kappa shape index (κ1) is 17.0. The molecule has 1 aromatic rings. The van der Waals surface area contributed by atoms with Gasteiger partial charge in [0.2, 0.25) is 0 Å². The van der Waals surface area contributed by atoms with E-state index in [1.807, 2.05) is 0 Å². The van der Waals surface area contributed by atoms with Crippen molar-refractivity contribution in [3.05, 3.63) is 22.8 Å². The molecule has 0 N–H and O–H groups in total. The normalized spacial score (nSPS) is 27.4. The minimum Gasteiger partial charge on any atom is -0.378 e. The molecule has 4 heterocycles. The van der Waals surface area contributed by atoms with Crippen molar-refractivity contribution in [1.82, 2.24) is 14.8 Å². The van der Waals surface area contributed by atoms with Crippen molar-refractivity contribution in [2.75, 3.05) is 64.5 Å². The summed E-state index contributed by atoms with van der Waals surface area (Å²) in [6.45, 7) is 5.70. The average molecular weight is 367 g/mol. The first-order valence-corrected chi connectivity index (χ1v) is 9.10. The minimum absolute atomic E-state index is 0.0394. The number of amides is 1. The molecule has 25 heavy (non-hydrogen) atoms. The van der Waals surface area contributed by atoms with Crippen molar-refractivity contribution in [3.63, 3.8) is 0 Å². The Morgan fingerprint density at radius 1 is 1.24 bits per heavy atom. The third kappa shape index (κ3) is 3.33. The molecule has 0 aromatic carbocycles. The van der Waals surface area contributed by atoms with Gasteiger partial charge in [0.25, 0.3) is 5.91 Å². The molecule has 0 bridgehead atoms. The fourth-order valence-corrected chi connectivity index (χ4v) is 4.05. The van der Waals surface area contributed by atoms with E-state index in [1.165, 1.54) is 0 Å². The van der Waals surface area contributed by atoms with Gasteiger partial charge >= 0.3 is 0 Å². The van der Waals surface area contributed by atoms with Crippen LogP contribution in [0.25, 0.3) is 0 Å². The topological polar surface area (TPSA) is 58.1 Å². The highest BCUT2D eigenvalue weighted by molar-refractivity contribution is 6.33. The van der Waals surface area contributed by atoms with E-state index in [-0.39, 0.29) is 12.0 Å². The molecule has 0 radical (unpaired) electrons. The van der Waals surface area contributed by atoms with E-state index in [2.05, 4.69) is 21.8 Å². The molecule has 3 aliphatic heterocycles. The maximum absolute atomic E-state index is 12.6. The molecule has 3 saturated heterocycles. The number of anilines is 1. The summed E-state index contributed by atoms with van der Waals surface area (Å²) in [6.07, 6.45) is 1.82. The number of pyridine rings is 1. The highest BCUT2D eigenvalue weighted by atomic mass is 35.5. The Hall–Kier alpha value is -1.41. The molecule has 2 atom stereocenters. The molecule has 3 aliphatic rings. The fourth-order valence-electron chi connectivity index (χ4n) is 3.76. The van der Waals surface area contributed by atoms with Crippen LogP contribution in [0.1, 0.15) is 10.4 Å². The standard InChI is InChI=1S/C17H23ClN4O3/c1-20-2-7-25-15-11-22(10-14(15)20)16-13(18)8-12(9-19-16)17(23)21-3-5-24-6-4-21/h8-9,14-15H,2-7,10-11H2,1H3. The second kappa shape index (κ2) is 7.07. The molecule has 8 heteroatoms. The van der Waals surface area contributed by atoms with Crippen LogP contribution in [0.2, 0.25) is 5.02 Å². The number of morpholine rings is 2. The molecular formula is C17H23ClN4O3. The van der Waals surface area contributed by atoms with E-state index < -0.39 is 0 Å². The van der Waals surface area contributed by atoms with E-state index in [4.69, 9.17) is 21.1 Å². The molecule has 4 rings (SSSR count). The third-order valence-electron chi connectivity index (χ3n) is 5.25. The molecule has 0 saturated carbocycles. The summed E-state index contributed by atoms with van der Waals surface area (Å²) in [5.41, 5.74) is 0.528.